The van der Waals surface area contributed by atoms with E-state index in [1.165, 1.54) is 5.56 Å². The Kier molecular flexibility index (Phi) is 6.03. The molecule has 106 valence electrons. The molecule has 1 aromatic rings. The van der Waals surface area contributed by atoms with Crippen molar-refractivity contribution in [2.45, 2.75) is 52.1 Å². The Balaban J connectivity index is 2.77. The Morgan fingerprint density at radius 2 is 1.84 bits per heavy atom. The van der Waals surface area contributed by atoms with E-state index in [9.17, 15) is 4.79 Å². The second-order valence-corrected chi connectivity index (χ2v) is 5.38. The van der Waals surface area contributed by atoms with E-state index in [2.05, 4.69) is 29.7 Å². The number of benzene rings is 1. The van der Waals surface area contributed by atoms with E-state index < -0.39 is 5.54 Å². The van der Waals surface area contributed by atoms with Crippen molar-refractivity contribution in [3.8, 4) is 0 Å². The Hall–Kier alpha value is -1.35. The maximum absolute atomic E-state index is 12.3. The minimum atomic E-state index is -0.532. The highest BCUT2D eigenvalue weighted by molar-refractivity contribution is 5.85. The first-order valence-corrected chi connectivity index (χ1v) is 7.12. The van der Waals surface area contributed by atoms with Crippen molar-refractivity contribution in [2.75, 3.05) is 6.54 Å². The Morgan fingerprint density at radius 1 is 1.21 bits per heavy atom. The molecular formula is C16H26N2O. The number of likely N-dealkylation sites (N-methyl/N-ethyl adjacent to an activating group) is 1. The van der Waals surface area contributed by atoms with Crippen LogP contribution < -0.4 is 10.6 Å². The van der Waals surface area contributed by atoms with E-state index in [0.717, 1.165) is 19.4 Å². The van der Waals surface area contributed by atoms with Crippen molar-refractivity contribution in [2.24, 2.45) is 0 Å². The number of hydrogen-bond donors (Lipinski definition) is 2. The van der Waals surface area contributed by atoms with Gasteiger partial charge in [-0.25, -0.2) is 0 Å². The molecule has 0 aliphatic carbocycles. The van der Waals surface area contributed by atoms with Gasteiger partial charge in [-0.1, -0.05) is 50.6 Å². The molecule has 3 nitrogen and oxygen atoms in total. The van der Waals surface area contributed by atoms with Gasteiger partial charge in [0.15, 0.2) is 0 Å². The first-order chi connectivity index (χ1) is 9.01. The van der Waals surface area contributed by atoms with Crippen LogP contribution in [0.15, 0.2) is 30.3 Å². The topological polar surface area (TPSA) is 41.1 Å². The quantitative estimate of drug-likeness (QED) is 0.793. The van der Waals surface area contributed by atoms with Crippen molar-refractivity contribution in [1.29, 1.82) is 0 Å². The highest BCUT2D eigenvalue weighted by atomic mass is 16.2. The fourth-order valence-corrected chi connectivity index (χ4v) is 2.16. The molecule has 0 aromatic heterocycles. The largest absolute Gasteiger partial charge is 0.348 e. The lowest BCUT2D eigenvalue weighted by Crippen LogP contribution is -2.53. The lowest BCUT2D eigenvalue weighted by molar-refractivity contribution is -0.127. The van der Waals surface area contributed by atoms with Crippen LogP contribution in [0.25, 0.3) is 0 Å². The number of rotatable bonds is 7. The van der Waals surface area contributed by atoms with Crippen molar-refractivity contribution >= 4 is 5.91 Å². The molecule has 1 rings (SSSR count). The molecule has 0 aliphatic rings. The predicted molar refractivity (Wildman–Crippen MR) is 80.0 cm³/mol. The third-order valence-electron chi connectivity index (χ3n) is 3.27. The predicted octanol–water partition coefficient (Wildman–Crippen LogP) is 3.03. The van der Waals surface area contributed by atoms with Crippen LogP contribution in [0.2, 0.25) is 0 Å². The van der Waals surface area contributed by atoms with Crippen molar-refractivity contribution in [3.05, 3.63) is 35.9 Å². The maximum Gasteiger partial charge on any atom is 0.240 e. The summed E-state index contributed by atoms with van der Waals surface area (Å²) in [5.74, 6) is 0.0525. The van der Waals surface area contributed by atoms with Gasteiger partial charge in [-0.05, 0) is 32.4 Å². The van der Waals surface area contributed by atoms with Gasteiger partial charge in [0.05, 0.1) is 11.6 Å². The van der Waals surface area contributed by atoms with Gasteiger partial charge in [0.2, 0.25) is 5.91 Å². The van der Waals surface area contributed by atoms with Crippen LogP contribution in [0.5, 0.6) is 0 Å². The molecule has 0 fully saturated rings. The fourth-order valence-electron chi connectivity index (χ4n) is 2.16. The molecule has 0 radical (unpaired) electrons. The number of carbonyl (C=O) groups is 1. The van der Waals surface area contributed by atoms with Gasteiger partial charge in [-0.3, -0.25) is 4.79 Å². The van der Waals surface area contributed by atoms with E-state index in [4.69, 9.17) is 0 Å². The summed E-state index contributed by atoms with van der Waals surface area (Å²) in [4.78, 5) is 12.3. The molecule has 0 heterocycles. The molecule has 1 atom stereocenters. The Morgan fingerprint density at radius 3 is 2.37 bits per heavy atom. The van der Waals surface area contributed by atoms with E-state index in [0.29, 0.717) is 0 Å². The zero-order valence-electron chi connectivity index (χ0n) is 12.5. The number of carbonyl (C=O) groups excluding carboxylic acids is 1. The van der Waals surface area contributed by atoms with Crippen molar-refractivity contribution in [3.63, 3.8) is 0 Å². The third-order valence-corrected chi connectivity index (χ3v) is 3.27. The summed E-state index contributed by atoms with van der Waals surface area (Å²) in [5.41, 5.74) is 0.639. The van der Waals surface area contributed by atoms with E-state index in [1.807, 2.05) is 39.0 Å². The SMILES string of the molecule is CCCC(NC(=O)C(C)(C)NCC)c1ccccc1. The molecule has 0 aliphatic heterocycles. The molecule has 0 saturated carbocycles. The number of amides is 1. The molecule has 1 aromatic carbocycles. The lowest BCUT2D eigenvalue weighted by atomic mass is 9.99. The van der Waals surface area contributed by atoms with Crippen LogP contribution in [0.1, 0.15) is 52.1 Å². The molecule has 0 bridgehead atoms. The minimum Gasteiger partial charge on any atom is -0.348 e. The normalized spacial score (nSPS) is 13.1. The second-order valence-electron chi connectivity index (χ2n) is 5.38. The average molecular weight is 262 g/mol. The van der Waals surface area contributed by atoms with Gasteiger partial charge in [-0.2, -0.15) is 0 Å². The van der Waals surface area contributed by atoms with Gasteiger partial charge < -0.3 is 10.6 Å². The molecule has 3 heteroatoms. The van der Waals surface area contributed by atoms with Crippen molar-refractivity contribution in [1.82, 2.24) is 10.6 Å². The summed E-state index contributed by atoms with van der Waals surface area (Å²) in [6.45, 7) is 8.76. The van der Waals surface area contributed by atoms with Crippen LogP contribution in [0, 0.1) is 0 Å². The van der Waals surface area contributed by atoms with Crippen LogP contribution in [0.3, 0.4) is 0 Å². The maximum atomic E-state index is 12.3. The zero-order chi connectivity index (χ0) is 14.3. The third kappa shape index (κ3) is 4.67. The summed E-state index contributed by atoms with van der Waals surface area (Å²) in [5, 5.41) is 6.37. The Bertz CT molecular complexity index is 387. The molecule has 1 amide bonds. The first-order valence-electron chi connectivity index (χ1n) is 7.12. The molecule has 19 heavy (non-hydrogen) atoms. The van der Waals surface area contributed by atoms with Gasteiger partial charge in [0.25, 0.3) is 0 Å². The van der Waals surface area contributed by atoms with Crippen LogP contribution in [-0.4, -0.2) is 18.0 Å². The minimum absolute atomic E-state index is 0.0525. The van der Waals surface area contributed by atoms with Crippen molar-refractivity contribution < 1.29 is 4.79 Å². The average Bonchev–Trinajstić information content (AvgIpc) is 2.39. The summed E-state index contributed by atoms with van der Waals surface area (Å²) >= 11 is 0. The summed E-state index contributed by atoms with van der Waals surface area (Å²) in [6.07, 6.45) is 2.00. The summed E-state index contributed by atoms with van der Waals surface area (Å²) < 4.78 is 0. The van der Waals surface area contributed by atoms with E-state index in [-0.39, 0.29) is 11.9 Å². The van der Waals surface area contributed by atoms with E-state index >= 15 is 0 Å². The van der Waals surface area contributed by atoms with E-state index in [1.54, 1.807) is 0 Å². The van der Waals surface area contributed by atoms with Gasteiger partial charge in [0, 0.05) is 0 Å². The standard InChI is InChI=1S/C16H26N2O/c1-5-10-14(13-11-8-7-9-12-13)18-15(19)16(3,4)17-6-2/h7-9,11-12,14,17H,5-6,10H2,1-4H3,(H,18,19). The second kappa shape index (κ2) is 7.29. The number of hydrogen-bond acceptors (Lipinski definition) is 2. The van der Waals surface area contributed by atoms with Crippen LogP contribution >= 0.6 is 0 Å². The van der Waals surface area contributed by atoms with Gasteiger partial charge in [0.1, 0.15) is 0 Å². The molecule has 0 saturated heterocycles. The molecule has 2 N–H and O–H groups in total. The lowest BCUT2D eigenvalue weighted by Gasteiger charge is -2.28. The fraction of sp³-hybridized carbons (Fsp3) is 0.562. The monoisotopic (exact) mass is 262 g/mol. The molecular weight excluding hydrogens is 236 g/mol. The summed E-state index contributed by atoms with van der Waals surface area (Å²) in [7, 11) is 0. The smallest absolute Gasteiger partial charge is 0.240 e. The van der Waals surface area contributed by atoms with Gasteiger partial charge in [-0.15, -0.1) is 0 Å². The highest BCUT2D eigenvalue weighted by Gasteiger charge is 2.28. The zero-order valence-corrected chi connectivity index (χ0v) is 12.5. The summed E-state index contributed by atoms with van der Waals surface area (Å²) in [6, 6.07) is 10.3. The highest BCUT2D eigenvalue weighted by Crippen LogP contribution is 2.19. The first kappa shape index (κ1) is 15.7. The van der Waals surface area contributed by atoms with Crippen LogP contribution in [-0.2, 0) is 4.79 Å². The molecule has 0 spiro atoms. The van der Waals surface area contributed by atoms with Crippen LogP contribution in [0.4, 0.5) is 0 Å². The Labute approximate surface area is 116 Å². The number of nitrogens with one attached hydrogen (secondary N) is 2. The molecule has 1 unspecified atom stereocenters. The van der Waals surface area contributed by atoms with Gasteiger partial charge >= 0.3 is 0 Å².